The average Bonchev–Trinajstić information content (AvgIpc) is 2.34. The molecule has 0 amide bonds. The van der Waals surface area contributed by atoms with Gasteiger partial charge in [0, 0.05) is 0 Å². The van der Waals surface area contributed by atoms with Gasteiger partial charge in [-0.05, 0) is 68.0 Å². The maximum Gasteiger partial charge on any atom is 0.289 e. The van der Waals surface area contributed by atoms with Crippen molar-refractivity contribution in [3.05, 3.63) is 33.4 Å². The van der Waals surface area contributed by atoms with Crippen LogP contribution in [-0.2, 0) is 0 Å². The van der Waals surface area contributed by atoms with E-state index in [1.807, 2.05) is 20.8 Å². The molecule has 0 saturated carbocycles. The van der Waals surface area contributed by atoms with Gasteiger partial charge in [0.15, 0.2) is 0 Å². The molecule has 19 heavy (non-hydrogen) atoms. The lowest BCUT2D eigenvalue weighted by Crippen LogP contribution is -2.37. The number of hydrogen-bond acceptors (Lipinski definition) is 2. The van der Waals surface area contributed by atoms with Crippen molar-refractivity contribution in [2.75, 3.05) is 6.61 Å². The van der Waals surface area contributed by atoms with Crippen LogP contribution in [0.25, 0.3) is 0 Å². The Morgan fingerprint density at radius 3 is 1.58 bits per heavy atom. The van der Waals surface area contributed by atoms with Gasteiger partial charge < -0.3 is 10.8 Å². The minimum absolute atomic E-state index is 0. The summed E-state index contributed by atoms with van der Waals surface area (Å²) in [6.07, 6.45) is 0. The highest BCUT2D eigenvalue weighted by Crippen LogP contribution is 2.36. The van der Waals surface area contributed by atoms with E-state index >= 15 is 0 Å². The Balaban J connectivity index is 0.00000324. The van der Waals surface area contributed by atoms with Crippen LogP contribution < -0.4 is 5.73 Å². The van der Waals surface area contributed by atoms with Crippen LogP contribution in [0.2, 0.25) is 0 Å². The smallest absolute Gasteiger partial charge is 0.289 e. The molecule has 1 atom stereocenters. The molecule has 0 saturated heterocycles. The van der Waals surface area contributed by atoms with Gasteiger partial charge >= 0.3 is 0 Å². The molecular formula is C14H22ClF2NO. The molecular weight excluding hydrogens is 272 g/mol. The van der Waals surface area contributed by atoms with Gasteiger partial charge in [-0.15, -0.1) is 12.4 Å². The van der Waals surface area contributed by atoms with Crippen LogP contribution in [0.5, 0.6) is 0 Å². The standard InChI is InChI=1S/C14H21F2NO.ClH/c1-7-8(2)10(4)12(11(5)9(7)3)13(17)14(15,16)6-18;/h13,18H,6,17H2,1-5H3;1H/t13-;/m1./s1. The lowest BCUT2D eigenvalue weighted by Gasteiger charge is -2.27. The summed E-state index contributed by atoms with van der Waals surface area (Å²) in [4.78, 5) is 0. The molecule has 3 N–H and O–H groups in total. The average molecular weight is 294 g/mol. The van der Waals surface area contributed by atoms with E-state index in [0.717, 1.165) is 27.8 Å². The molecule has 0 fully saturated rings. The molecule has 0 bridgehead atoms. The molecule has 0 spiro atoms. The van der Waals surface area contributed by atoms with Crippen molar-refractivity contribution in [3.63, 3.8) is 0 Å². The first-order valence-electron chi connectivity index (χ1n) is 5.96. The van der Waals surface area contributed by atoms with E-state index in [2.05, 4.69) is 0 Å². The number of hydrogen-bond donors (Lipinski definition) is 2. The molecule has 0 aliphatic carbocycles. The maximum atomic E-state index is 13.6. The molecule has 1 aromatic rings. The number of aliphatic hydroxyl groups excluding tert-OH is 1. The van der Waals surface area contributed by atoms with Crippen molar-refractivity contribution < 1.29 is 13.9 Å². The SMILES string of the molecule is Cc1c(C)c(C)c([C@@H](N)C(F)(F)CO)c(C)c1C.Cl. The number of halogens is 3. The van der Waals surface area contributed by atoms with Gasteiger partial charge in [0.25, 0.3) is 5.92 Å². The van der Waals surface area contributed by atoms with E-state index in [4.69, 9.17) is 10.8 Å². The van der Waals surface area contributed by atoms with Crippen LogP contribution in [0.15, 0.2) is 0 Å². The fourth-order valence-corrected chi connectivity index (χ4v) is 2.31. The third-order valence-electron chi connectivity index (χ3n) is 4.03. The third kappa shape index (κ3) is 3.07. The predicted octanol–water partition coefficient (Wildman–Crippen LogP) is 3.28. The van der Waals surface area contributed by atoms with E-state index in [-0.39, 0.29) is 12.4 Å². The number of rotatable bonds is 3. The van der Waals surface area contributed by atoms with E-state index < -0.39 is 18.6 Å². The van der Waals surface area contributed by atoms with Gasteiger partial charge in [-0.3, -0.25) is 0 Å². The van der Waals surface area contributed by atoms with Gasteiger partial charge in [0.1, 0.15) is 6.61 Å². The second kappa shape index (κ2) is 6.16. The molecule has 110 valence electrons. The monoisotopic (exact) mass is 293 g/mol. The van der Waals surface area contributed by atoms with E-state index in [0.29, 0.717) is 5.56 Å². The Morgan fingerprint density at radius 2 is 1.26 bits per heavy atom. The second-order valence-corrected chi connectivity index (χ2v) is 4.94. The van der Waals surface area contributed by atoms with Crippen molar-refractivity contribution in [1.29, 1.82) is 0 Å². The zero-order valence-corrected chi connectivity index (χ0v) is 12.8. The summed E-state index contributed by atoms with van der Waals surface area (Å²) >= 11 is 0. The topological polar surface area (TPSA) is 46.2 Å². The summed E-state index contributed by atoms with van der Waals surface area (Å²) in [7, 11) is 0. The minimum Gasteiger partial charge on any atom is -0.390 e. The molecule has 0 aromatic heterocycles. The highest BCUT2D eigenvalue weighted by Gasteiger charge is 2.39. The van der Waals surface area contributed by atoms with E-state index in [9.17, 15) is 8.78 Å². The van der Waals surface area contributed by atoms with Crippen LogP contribution in [0.1, 0.15) is 39.4 Å². The summed E-state index contributed by atoms with van der Waals surface area (Å²) in [6, 6.07) is -1.47. The maximum absolute atomic E-state index is 13.6. The lowest BCUT2D eigenvalue weighted by atomic mass is 9.85. The van der Waals surface area contributed by atoms with Gasteiger partial charge in [-0.1, -0.05) is 0 Å². The number of aliphatic hydroxyl groups is 1. The Kier molecular flexibility index (Phi) is 5.93. The number of nitrogens with two attached hydrogens (primary N) is 1. The minimum atomic E-state index is -3.30. The third-order valence-corrected chi connectivity index (χ3v) is 4.03. The van der Waals surface area contributed by atoms with Crippen molar-refractivity contribution in [2.45, 2.75) is 46.6 Å². The highest BCUT2D eigenvalue weighted by molar-refractivity contribution is 5.85. The fourth-order valence-electron chi connectivity index (χ4n) is 2.31. The molecule has 0 heterocycles. The van der Waals surface area contributed by atoms with Crippen molar-refractivity contribution in [1.82, 2.24) is 0 Å². The zero-order chi connectivity index (χ0) is 14.2. The summed E-state index contributed by atoms with van der Waals surface area (Å²) < 4.78 is 27.2. The molecule has 5 heteroatoms. The molecule has 2 nitrogen and oxygen atoms in total. The zero-order valence-electron chi connectivity index (χ0n) is 12.0. The normalized spacial score (nSPS) is 13.1. The number of alkyl halides is 2. The van der Waals surface area contributed by atoms with Gasteiger partial charge in [0.2, 0.25) is 0 Å². The van der Waals surface area contributed by atoms with Crippen LogP contribution in [0.3, 0.4) is 0 Å². The highest BCUT2D eigenvalue weighted by atomic mass is 35.5. The first-order valence-corrected chi connectivity index (χ1v) is 5.96. The molecule has 1 rings (SSSR count). The summed E-state index contributed by atoms with van der Waals surface area (Å²) in [6.45, 7) is 8.16. The van der Waals surface area contributed by atoms with Crippen LogP contribution in [-0.4, -0.2) is 17.6 Å². The van der Waals surface area contributed by atoms with Gasteiger partial charge in [-0.2, -0.15) is 0 Å². The largest absolute Gasteiger partial charge is 0.390 e. The molecule has 0 aliphatic heterocycles. The summed E-state index contributed by atoms with van der Waals surface area (Å²) in [5.41, 5.74) is 10.8. The first kappa shape index (κ1) is 18.3. The fraction of sp³-hybridized carbons (Fsp3) is 0.571. The van der Waals surface area contributed by atoms with Crippen LogP contribution >= 0.6 is 12.4 Å². The molecule has 0 unspecified atom stereocenters. The Morgan fingerprint density at radius 1 is 0.947 bits per heavy atom. The molecule has 0 radical (unpaired) electrons. The summed E-state index contributed by atoms with van der Waals surface area (Å²) in [5.74, 6) is -3.30. The lowest BCUT2D eigenvalue weighted by molar-refractivity contribution is -0.0714. The number of benzene rings is 1. The van der Waals surface area contributed by atoms with Gasteiger partial charge in [0.05, 0.1) is 6.04 Å². The molecule has 1 aromatic carbocycles. The van der Waals surface area contributed by atoms with E-state index in [1.165, 1.54) is 0 Å². The first-order chi connectivity index (χ1) is 8.15. The predicted molar refractivity (Wildman–Crippen MR) is 76.3 cm³/mol. The van der Waals surface area contributed by atoms with Crippen molar-refractivity contribution >= 4 is 12.4 Å². The Labute approximate surface area is 119 Å². The van der Waals surface area contributed by atoms with E-state index in [1.54, 1.807) is 13.8 Å². The van der Waals surface area contributed by atoms with Gasteiger partial charge in [-0.25, -0.2) is 8.78 Å². The Bertz CT molecular complexity index is 446. The quantitative estimate of drug-likeness (QED) is 0.898. The van der Waals surface area contributed by atoms with Crippen LogP contribution in [0, 0.1) is 34.6 Å². The Hall–Kier alpha value is -0.710. The second-order valence-electron chi connectivity index (χ2n) is 4.94. The van der Waals surface area contributed by atoms with Crippen molar-refractivity contribution in [3.8, 4) is 0 Å². The molecule has 0 aliphatic rings. The van der Waals surface area contributed by atoms with Crippen LogP contribution in [0.4, 0.5) is 8.78 Å². The summed E-state index contributed by atoms with van der Waals surface area (Å²) in [5, 5.41) is 8.77. The van der Waals surface area contributed by atoms with Crippen molar-refractivity contribution in [2.24, 2.45) is 5.73 Å².